The summed E-state index contributed by atoms with van der Waals surface area (Å²) in [6.45, 7) is 9.06. The van der Waals surface area contributed by atoms with Gasteiger partial charge in [0.2, 0.25) is 0 Å². The minimum Gasteiger partial charge on any atom is -0.389 e. The maximum absolute atomic E-state index is 9.67. The largest absolute Gasteiger partial charge is 0.389 e. The van der Waals surface area contributed by atoms with Crippen LogP contribution in [0, 0.1) is 5.41 Å². The second-order valence-corrected chi connectivity index (χ2v) is 6.48. The highest BCUT2D eigenvalue weighted by molar-refractivity contribution is 4.92. The predicted octanol–water partition coefficient (Wildman–Crippen LogP) is -0.181. The molecule has 0 spiro atoms. The van der Waals surface area contributed by atoms with E-state index in [1.165, 1.54) is 0 Å². The van der Waals surface area contributed by atoms with Gasteiger partial charge in [-0.05, 0) is 18.3 Å². The first kappa shape index (κ1) is 15.2. The molecule has 2 heterocycles. The van der Waals surface area contributed by atoms with Crippen LogP contribution in [0.4, 0.5) is 0 Å². The SMILES string of the molecule is CC(C)NCC1(CN2CC(O)C(O)C2)CCOCC1. The van der Waals surface area contributed by atoms with Crippen molar-refractivity contribution in [1.82, 2.24) is 10.2 Å². The molecule has 5 nitrogen and oxygen atoms in total. The molecule has 5 heteroatoms. The molecule has 2 atom stereocenters. The Morgan fingerprint density at radius 3 is 2.32 bits per heavy atom. The van der Waals surface area contributed by atoms with E-state index < -0.39 is 12.2 Å². The van der Waals surface area contributed by atoms with Crippen molar-refractivity contribution in [2.75, 3.05) is 39.4 Å². The van der Waals surface area contributed by atoms with E-state index in [0.717, 1.165) is 39.1 Å². The van der Waals surface area contributed by atoms with E-state index in [1.807, 2.05) is 0 Å². The van der Waals surface area contributed by atoms with Crippen molar-refractivity contribution in [3.8, 4) is 0 Å². The molecule has 0 aromatic heterocycles. The quantitative estimate of drug-likeness (QED) is 0.648. The van der Waals surface area contributed by atoms with E-state index in [4.69, 9.17) is 4.74 Å². The number of nitrogens with zero attached hydrogens (tertiary/aromatic N) is 1. The van der Waals surface area contributed by atoms with E-state index in [0.29, 0.717) is 19.1 Å². The Balaban J connectivity index is 1.93. The van der Waals surface area contributed by atoms with Crippen LogP contribution in [0.3, 0.4) is 0 Å². The van der Waals surface area contributed by atoms with Crippen molar-refractivity contribution in [1.29, 1.82) is 0 Å². The zero-order valence-corrected chi connectivity index (χ0v) is 12.1. The molecule has 0 aromatic carbocycles. The van der Waals surface area contributed by atoms with Gasteiger partial charge in [0.1, 0.15) is 0 Å². The molecule has 2 aliphatic rings. The van der Waals surface area contributed by atoms with Gasteiger partial charge in [-0.1, -0.05) is 13.8 Å². The highest BCUT2D eigenvalue weighted by atomic mass is 16.5. The Morgan fingerprint density at radius 1 is 1.21 bits per heavy atom. The van der Waals surface area contributed by atoms with E-state index in [1.54, 1.807) is 0 Å². The molecule has 3 N–H and O–H groups in total. The molecule has 0 saturated carbocycles. The molecule has 0 radical (unpaired) electrons. The Hall–Kier alpha value is -0.200. The van der Waals surface area contributed by atoms with Crippen molar-refractivity contribution >= 4 is 0 Å². The smallest absolute Gasteiger partial charge is 0.0938 e. The molecule has 0 bridgehead atoms. The third kappa shape index (κ3) is 4.13. The highest BCUT2D eigenvalue weighted by Crippen LogP contribution is 2.32. The average molecular weight is 272 g/mol. The minimum absolute atomic E-state index is 0.215. The number of likely N-dealkylation sites (tertiary alicyclic amines) is 1. The summed E-state index contributed by atoms with van der Waals surface area (Å²) in [5, 5.41) is 22.9. The number of hydrogen-bond donors (Lipinski definition) is 3. The molecule has 112 valence electrons. The normalized spacial score (nSPS) is 32.1. The van der Waals surface area contributed by atoms with Gasteiger partial charge in [-0.25, -0.2) is 0 Å². The lowest BCUT2D eigenvalue weighted by molar-refractivity contribution is -0.00362. The topological polar surface area (TPSA) is 65.0 Å². The number of ether oxygens (including phenoxy) is 1. The van der Waals surface area contributed by atoms with Crippen LogP contribution in [0.25, 0.3) is 0 Å². The summed E-state index contributed by atoms with van der Waals surface area (Å²) in [4.78, 5) is 2.20. The van der Waals surface area contributed by atoms with Crippen LogP contribution in [0.2, 0.25) is 0 Å². The fraction of sp³-hybridized carbons (Fsp3) is 1.00. The van der Waals surface area contributed by atoms with Crippen LogP contribution in [0.1, 0.15) is 26.7 Å². The summed E-state index contributed by atoms with van der Waals surface area (Å²) in [7, 11) is 0. The zero-order valence-electron chi connectivity index (χ0n) is 12.1. The van der Waals surface area contributed by atoms with E-state index in [9.17, 15) is 10.2 Å². The second kappa shape index (κ2) is 6.50. The van der Waals surface area contributed by atoms with Gasteiger partial charge in [-0.15, -0.1) is 0 Å². The predicted molar refractivity (Wildman–Crippen MR) is 74.1 cm³/mol. The molecular formula is C14H28N2O3. The van der Waals surface area contributed by atoms with Crippen molar-refractivity contribution in [3.05, 3.63) is 0 Å². The number of β-amino-alcohol motifs (C(OH)–C–C–N with tert-alkyl or cyclic N) is 2. The Kier molecular flexibility index (Phi) is 5.20. The molecule has 19 heavy (non-hydrogen) atoms. The first-order valence-electron chi connectivity index (χ1n) is 7.40. The summed E-state index contributed by atoms with van der Waals surface area (Å²) < 4.78 is 5.49. The summed E-state index contributed by atoms with van der Waals surface area (Å²) in [6, 6.07) is 0.481. The number of aliphatic hydroxyl groups is 2. The number of rotatable bonds is 5. The lowest BCUT2D eigenvalue weighted by Gasteiger charge is -2.40. The molecule has 0 aromatic rings. The van der Waals surface area contributed by atoms with Gasteiger partial charge in [0.15, 0.2) is 0 Å². The standard InChI is InChI=1S/C14H28N2O3/c1-11(2)15-9-14(3-5-19-6-4-14)10-16-7-12(17)13(18)8-16/h11-13,15,17-18H,3-10H2,1-2H3. The summed E-state index contributed by atoms with van der Waals surface area (Å²) in [5.41, 5.74) is 0.215. The van der Waals surface area contributed by atoms with E-state index in [-0.39, 0.29) is 5.41 Å². The lowest BCUT2D eigenvalue weighted by atomic mass is 9.79. The van der Waals surface area contributed by atoms with Gasteiger partial charge in [-0.3, -0.25) is 4.90 Å². The lowest BCUT2D eigenvalue weighted by Crippen LogP contribution is -2.48. The van der Waals surface area contributed by atoms with Crippen LogP contribution in [-0.2, 0) is 4.74 Å². The third-order valence-electron chi connectivity index (χ3n) is 4.33. The van der Waals surface area contributed by atoms with Crippen LogP contribution >= 0.6 is 0 Å². The number of nitrogens with one attached hydrogen (secondary N) is 1. The first-order valence-corrected chi connectivity index (χ1v) is 7.40. The molecule has 0 aliphatic carbocycles. The summed E-state index contributed by atoms with van der Waals surface area (Å²) in [5.74, 6) is 0. The van der Waals surface area contributed by atoms with Crippen LogP contribution in [0.15, 0.2) is 0 Å². The molecular weight excluding hydrogens is 244 g/mol. The van der Waals surface area contributed by atoms with Crippen molar-refractivity contribution in [2.24, 2.45) is 5.41 Å². The van der Waals surface area contributed by atoms with Crippen molar-refractivity contribution < 1.29 is 14.9 Å². The van der Waals surface area contributed by atoms with Gasteiger partial charge in [-0.2, -0.15) is 0 Å². The second-order valence-electron chi connectivity index (χ2n) is 6.48. The van der Waals surface area contributed by atoms with Gasteiger partial charge in [0.25, 0.3) is 0 Å². The van der Waals surface area contributed by atoms with Gasteiger partial charge < -0.3 is 20.3 Å². The fourth-order valence-corrected chi connectivity index (χ4v) is 3.07. The van der Waals surface area contributed by atoms with Gasteiger partial charge >= 0.3 is 0 Å². The number of hydrogen-bond acceptors (Lipinski definition) is 5. The van der Waals surface area contributed by atoms with Crippen LogP contribution < -0.4 is 5.32 Å². The molecule has 2 fully saturated rings. The summed E-state index contributed by atoms with van der Waals surface area (Å²) >= 11 is 0. The van der Waals surface area contributed by atoms with Crippen LogP contribution in [-0.4, -0.2) is 72.8 Å². The third-order valence-corrected chi connectivity index (χ3v) is 4.33. The molecule has 2 unspecified atom stereocenters. The fourth-order valence-electron chi connectivity index (χ4n) is 3.07. The van der Waals surface area contributed by atoms with Gasteiger partial charge in [0.05, 0.1) is 12.2 Å². The Bertz CT molecular complexity index is 270. The highest BCUT2D eigenvalue weighted by Gasteiger charge is 2.38. The average Bonchev–Trinajstić information content (AvgIpc) is 2.67. The van der Waals surface area contributed by atoms with Crippen molar-refractivity contribution in [2.45, 2.75) is 44.9 Å². The Labute approximate surface area is 115 Å². The monoisotopic (exact) mass is 272 g/mol. The molecule has 2 aliphatic heterocycles. The minimum atomic E-state index is -0.588. The van der Waals surface area contributed by atoms with Crippen LogP contribution in [0.5, 0.6) is 0 Å². The van der Waals surface area contributed by atoms with E-state index >= 15 is 0 Å². The van der Waals surface area contributed by atoms with Gasteiger partial charge in [0, 0.05) is 45.4 Å². The van der Waals surface area contributed by atoms with Crippen molar-refractivity contribution in [3.63, 3.8) is 0 Å². The Morgan fingerprint density at radius 2 is 1.79 bits per heavy atom. The summed E-state index contributed by atoms with van der Waals surface area (Å²) in [6.07, 6.45) is 0.926. The molecule has 2 rings (SSSR count). The first-order chi connectivity index (χ1) is 9.01. The zero-order chi connectivity index (χ0) is 13.9. The maximum atomic E-state index is 9.67. The molecule has 2 saturated heterocycles. The van der Waals surface area contributed by atoms with E-state index in [2.05, 4.69) is 24.1 Å². The number of aliphatic hydroxyl groups excluding tert-OH is 2. The maximum Gasteiger partial charge on any atom is 0.0938 e. The molecule has 0 amide bonds.